The van der Waals surface area contributed by atoms with E-state index in [0.717, 1.165) is 21.4 Å². The van der Waals surface area contributed by atoms with Gasteiger partial charge in [0.2, 0.25) is 6.41 Å². The number of carbonyl (C=O) groups excluding carboxylic acids is 2. The topological polar surface area (TPSA) is 49.9 Å². The van der Waals surface area contributed by atoms with Crippen molar-refractivity contribution in [3.63, 3.8) is 0 Å². The van der Waals surface area contributed by atoms with Crippen LogP contribution in [0.1, 0.15) is 12.5 Å². The molecule has 2 aromatic carbocycles. The van der Waals surface area contributed by atoms with Crippen LogP contribution < -0.4 is 9.80 Å². The number of carbonyl (C=O) groups is 2. The van der Waals surface area contributed by atoms with Crippen molar-refractivity contribution in [2.75, 3.05) is 30.0 Å². The molecule has 2 aromatic rings. The van der Waals surface area contributed by atoms with Gasteiger partial charge in [0.05, 0.1) is 18.0 Å². The van der Waals surface area contributed by atoms with Crippen LogP contribution in [0, 0.1) is 6.92 Å². The van der Waals surface area contributed by atoms with Crippen molar-refractivity contribution >= 4 is 45.4 Å². The van der Waals surface area contributed by atoms with Crippen LogP contribution in [0.4, 0.5) is 17.1 Å². The molecule has 1 amide bonds. The zero-order chi connectivity index (χ0) is 18.4. The summed E-state index contributed by atoms with van der Waals surface area (Å²) in [6.45, 7) is 3.87. The van der Waals surface area contributed by atoms with E-state index in [9.17, 15) is 9.59 Å². The third-order valence-corrected chi connectivity index (χ3v) is 4.34. The first-order chi connectivity index (χ1) is 12.0. The molecule has 132 valence electrons. The number of anilines is 3. The lowest BCUT2D eigenvalue weighted by Gasteiger charge is -2.28. The molecule has 0 aliphatic rings. The molecule has 2 rings (SSSR count). The van der Waals surface area contributed by atoms with Gasteiger partial charge in [-0.2, -0.15) is 0 Å². The highest BCUT2D eigenvalue weighted by atomic mass is 79.9. The van der Waals surface area contributed by atoms with E-state index >= 15 is 0 Å². The van der Waals surface area contributed by atoms with Crippen LogP contribution in [0.15, 0.2) is 46.9 Å². The quantitative estimate of drug-likeness (QED) is 0.515. The first kappa shape index (κ1) is 19.0. The van der Waals surface area contributed by atoms with Crippen LogP contribution in [-0.2, 0) is 14.3 Å². The summed E-state index contributed by atoms with van der Waals surface area (Å²) >= 11 is 3.43. The summed E-state index contributed by atoms with van der Waals surface area (Å²) < 4.78 is 5.96. The fourth-order valence-corrected chi connectivity index (χ4v) is 2.89. The molecular weight excluding hydrogens is 384 g/mol. The van der Waals surface area contributed by atoms with Crippen molar-refractivity contribution in [1.82, 2.24) is 0 Å². The largest absolute Gasteiger partial charge is 0.465 e. The summed E-state index contributed by atoms with van der Waals surface area (Å²) in [4.78, 5) is 26.8. The van der Waals surface area contributed by atoms with Gasteiger partial charge in [-0.25, -0.2) is 0 Å². The fourth-order valence-electron chi connectivity index (χ4n) is 2.63. The molecule has 0 unspecified atom stereocenters. The number of esters is 1. The molecule has 0 saturated carbocycles. The minimum absolute atomic E-state index is 0.123. The van der Waals surface area contributed by atoms with Gasteiger partial charge in [-0.1, -0.05) is 28.1 Å². The number of halogens is 1. The molecule has 0 aliphatic carbocycles. The van der Waals surface area contributed by atoms with Crippen LogP contribution in [0.3, 0.4) is 0 Å². The van der Waals surface area contributed by atoms with E-state index in [2.05, 4.69) is 15.9 Å². The van der Waals surface area contributed by atoms with Gasteiger partial charge in [0, 0.05) is 17.2 Å². The maximum absolute atomic E-state index is 11.8. The number of benzene rings is 2. The first-order valence-electron chi connectivity index (χ1n) is 7.94. The average molecular weight is 405 g/mol. The Morgan fingerprint density at radius 1 is 1.20 bits per heavy atom. The van der Waals surface area contributed by atoms with Crippen molar-refractivity contribution in [2.45, 2.75) is 13.8 Å². The number of aryl methyl sites for hydroxylation is 1. The van der Waals surface area contributed by atoms with Gasteiger partial charge in [0.1, 0.15) is 6.54 Å². The summed E-state index contributed by atoms with van der Waals surface area (Å²) in [5, 5.41) is 0. The normalized spacial score (nSPS) is 10.2. The van der Waals surface area contributed by atoms with Crippen molar-refractivity contribution in [3.8, 4) is 0 Å². The maximum Gasteiger partial charge on any atom is 0.326 e. The van der Waals surface area contributed by atoms with Crippen LogP contribution in [-0.4, -0.2) is 32.6 Å². The summed E-state index contributed by atoms with van der Waals surface area (Å²) in [7, 11) is 1.93. The highest BCUT2D eigenvalue weighted by Crippen LogP contribution is 2.36. The number of hydrogen-bond donors (Lipinski definition) is 0. The lowest BCUT2D eigenvalue weighted by Crippen LogP contribution is -2.31. The van der Waals surface area contributed by atoms with Gasteiger partial charge in [-0.15, -0.1) is 0 Å². The standard InChI is InChI=1S/C19H21BrN2O3/c1-4-25-18(24)12-22(13-23)17-7-5-6-14(2)19(17)21(3)16-10-8-15(20)9-11-16/h5-11,13H,4,12H2,1-3H3. The highest BCUT2D eigenvalue weighted by Gasteiger charge is 2.19. The number of para-hydroxylation sites is 1. The Bertz CT molecular complexity index is 747. The zero-order valence-electron chi connectivity index (χ0n) is 14.5. The Morgan fingerprint density at radius 3 is 2.48 bits per heavy atom. The molecule has 0 atom stereocenters. The number of amides is 1. The van der Waals surface area contributed by atoms with Crippen LogP contribution >= 0.6 is 15.9 Å². The number of rotatable bonds is 7. The van der Waals surface area contributed by atoms with Crippen molar-refractivity contribution in [1.29, 1.82) is 0 Å². The van der Waals surface area contributed by atoms with Gasteiger partial charge in [0.15, 0.2) is 0 Å². The predicted octanol–water partition coefficient (Wildman–Crippen LogP) is 4.05. The third kappa shape index (κ3) is 4.60. The van der Waals surface area contributed by atoms with E-state index < -0.39 is 5.97 Å². The molecule has 0 fully saturated rings. The molecule has 0 radical (unpaired) electrons. The molecule has 0 aromatic heterocycles. The van der Waals surface area contributed by atoms with Crippen molar-refractivity contribution in [3.05, 3.63) is 52.5 Å². The van der Waals surface area contributed by atoms with Crippen molar-refractivity contribution < 1.29 is 14.3 Å². The van der Waals surface area contributed by atoms with E-state index in [-0.39, 0.29) is 13.2 Å². The first-order valence-corrected chi connectivity index (χ1v) is 8.73. The maximum atomic E-state index is 11.8. The summed E-state index contributed by atoms with van der Waals surface area (Å²) in [6.07, 6.45) is 0.657. The number of nitrogens with zero attached hydrogens (tertiary/aromatic N) is 2. The Kier molecular flexibility index (Phi) is 6.58. The number of ether oxygens (including phenoxy) is 1. The molecule has 5 nitrogen and oxygen atoms in total. The van der Waals surface area contributed by atoms with E-state index in [0.29, 0.717) is 12.1 Å². The van der Waals surface area contributed by atoms with E-state index in [4.69, 9.17) is 4.74 Å². The van der Waals surface area contributed by atoms with E-state index in [1.54, 1.807) is 6.92 Å². The third-order valence-electron chi connectivity index (χ3n) is 3.81. The molecule has 0 N–H and O–H groups in total. The zero-order valence-corrected chi connectivity index (χ0v) is 16.1. The van der Waals surface area contributed by atoms with Gasteiger partial charge in [-0.3, -0.25) is 9.59 Å². The van der Waals surface area contributed by atoms with Gasteiger partial charge >= 0.3 is 5.97 Å². The van der Waals surface area contributed by atoms with Crippen LogP contribution in [0.25, 0.3) is 0 Å². The van der Waals surface area contributed by atoms with Gasteiger partial charge < -0.3 is 14.5 Å². The molecule has 0 spiro atoms. The van der Waals surface area contributed by atoms with E-state index in [1.165, 1.54) is 4.90 Å². The molecule has 0 aliphatic heterocycles. The molecular formula is C19H21BrN2O3. The van der Waals surface area contributed by atoms with Crippen LogP contribution in [0.2, 0.25) is 0 Å². The Hall–Kier alpha value is -2.34. The molecule has 25 heavy (non-hydrogen) atoms. The molecule has 0 heterocycles. The SMILES string of the molecule is CCOC(=O)CN(C=O)c1cccc(C)c1N(C)c1ccc(Br)cc1. The minimum atomic E-state index is -0.437. The predicted molar refractivity (Wildman–Crippen MR) is 103 cm³/mol. The van der Waals surface area contributed by atoms with Crippen LogP contribution in [0.5, 0.6) is 0 Å². The van der Waals surface area contributed by atoms with Crippen molar-refractivity contribution in [2.24, 2.45) is 0 Å². The van der Waals surface area contributed by atoms with Gasteiger partial charge in [0.25, 0.3) is 0 Å². The van der Waals surface area contributed by atoms with Gasteiger partial charge in [-0.05, 0) is 49.7 Å². The molecule has 0 bridgehead atoms. The second-order valence-corrected chi connectivity index (χ2v) is 6.43. The summed E-state index contributed by atoms with van der Waals surface area (Å²) in [5.41, 5.74) is 3.49. The lowest BCUT2D eigenvalue weighted by atomic mass is 10.1. The molecule has 6 heteroatoms. The minimum Gasteiger partial charge on any atom is -0.465 e. The number of hydrogen-bond acceptors (Lipinski definition) is 4. The highest BCUT2D eigenvalue weighted by molar-refractivity contribution is 9.10. The fraction of sp³-hybridized carbons (Fsp3) is 0.263. The smallest absolute Gasteiger partial charge is 0.326 e. The van der Waals surface area contributed by atoms with E-state index in [1.807, 2.05) is 61.3 Å². The summed E-state index contributed by atoms with van der Waals surface area (Å²) in [5.74, 6) is -0.437. The Morgan fingerprint density at radius 2 is 1.88 bits per heavy atom. The second kappa shape index (κ2) is 8.67. The lowest BCUT2D eigenvalue weighted by molar-refractivity contribution is -0.141. The molecule has 0 saturated heterocycles. The second-order valence-electron chi connectivity index (χ2n) is 5.52. The Balaban J connectivity index is 2.42. The monoisotopic (exact) mass is 404 g/mol. The summed E-state index contributed by atoms with van der Waals surface area (Å²) in [6, 6.07) is 13.5. The average Bonchev–Trinajstić information content (AvgIpc) is 2.60. The Labute approximate surface area is 156 Å².